The van der Waals surface area contributed by atoms with Crippen molar-refractivity contribution in [3.8, 4) is 11.5 Å². The fraction of sp³-hybridized carbons (Fsp3) is 0.0435. The first kappa shape index (κ1) is 22.9. The average molecular weight is 543 g/mol. The van der Waals surface area contributed by atoms with E-state index in [-0.39, 0.29) is 0 Å². The van der Waals surface area contributed by atoms with Gasteiger partial charge in [0.25, 0.3) is 0 Å². The number of carbonyl (C=O) groups excluding carboxylic acids is 3. The molecule has 0 radical (unpaired) electrons. The minimum absolute atomic E-state index is 0.370. The third-order valence-electron chi connectivity index (χ3n) is 4.12. The van der Waals surface area contributed by atoms with Gasteiger partial charge in [-0.1, -0.05) is 12.1 Å². The summed E-state index contributed by atoms with van der Waals surface area (Å²) in [6, 6.07) is 20.2. The molecule has 162 valence electrons. The fourth-order valence-electron chi connectivity index (χ4n) is 2.49. The molecule has 3 aromatic rings. The van der Waals surface area contributed by atoms with Crippen molar-refractivity contribution in [1.82, 2.24) is 5.43 Å². The van der Waals surface area contributed by atoms with Gasteiger partial charge in [-0.2, -0.15) is 5.10 Å². The monoisotopic (exact) mass is 543 g/mol. The number of amides is 2. The van der Waals surface area contributed by atoms with Gasteiger partial charge in [-0.3, -0.25) is 9.59 Å². The minimum Gasteiger partial charge on any atom is -0.497 e. The summed E-state index contributed by atoms with van der Waals surface area (Å²) in [5.41, 5.74) is 3.72. The second-order valence-corrected chi connectivity index (χ2v) is 7.48. The second kappa shape index (κ2) is 11.0. The molecular formula is C23H18IN3O5. The number of hydrogen-bond acceptors (Lipinski definition) is 6. The molecule has 0 aliphatic rings. The van der Waals surface area contributed by atoms with E-state index in [2.05, 4.69) is 38.4 Å². The van der Waals surface area contributed by atoms with Crippen LogP contribution in [0.2, 0.25) is 0 Å². The zero-order chi connectivity index (χ0) is 22.9. The Morgan fingerprint density at radius 1 is 0.875 bits per heavy atom. The van der Waals surface area contributed by atoms with E-state index in [4.69, 9.17) is 9.47 Å². The molecule has 0 unspecified atom stereocenters. The lowest BCUT2D eigenvalue weighted by Gasteiger charge is -2.06. The third kappa shape index (κ3) is 6.38. The van der Waals surface area contributed by atoms with Gasteiger partial charge in [-0.15, -0.1) is 0 Å². The first-order valence-electron chi connectivity index (χ1n) is 9.31. The van der Waals surface area contributed by atoms with Crippen molar-refractivity contribution in [2.75, 3.05) is 12.4 Å². The first-order valence-corrected chi connectivity index (χ1v) is 10.4. The van der Waals surface area contributed by atoms with E-state index < -0.39 is 17.8 Å². The van der Waals surface area contributed by atoms with E-state index in [1.54, 1.807) is 60.7 Å². The third-order valence-corrected chi connectivity index (χ3v) is 5.06. The second-order valence-electron chi connectivity index (χ2n) is 6.32. The van der Waals surface area contributed by atoms with Crippen LogP contribution in [0.5, 0.6) is 11.5 Å². The van der Waals surface area contributed by atoms with Crippen LogP contribution in [0.4, 0.5) is 5.69 Å². The molecule has 3 rings (SSSR count). The smallest absolute Gasteiger partial charge is 0.344 e. The van der Waals surface area contributed by atoms with Gasteiger partial charge in [0.05, 0.1) is 18.9 Å². The lowest BCUT2D eigenvalue weighted by atomic mass is 10.2. The number of methoxy groups -OCH3 is 1. The molecule has 0 atom stereocenters. The largest absolute Gasteiger partial charge is 0.497 e. The van der Waals surface area contributed by atoms with Crippen LogP contribution in [-0.2, 0) is 9.59 Å². The molecule has 0 saturated carbocycles. The quantitative estimate of drug-likeness (QED) is 0.124. The Labute approximate surface area is 197 Å². The van der Waals surface area contributed by atoms with E-state index in [1.807, 2.05) is 12.1 Å². The molecule has 8 nitrogen and oxygen atoms in total. The normalized spacial score (nSPS) is 10.4. The molecule has 0 aliphatic heterocycles. The Balaban J connectivity index is 1.50. The standard InChI is InChI=1S/C23H18IN3O5/c1-31-17-12-8-16(9-13-17)26-21(28)22(29)27-25-14-15-6-10-18(11-7-15)32-23(30)19-4-2-3-5-20(19)24/h2-14H,1H3,(H,26,28)(H,27,29)/b25-14-. The number of rotatable bonds is 6. The highest BCUT2D eigenvalue weighted by Gasteiger charge is 2.13. The molecule has 32 heavy (non-hydrogen) atoms. The average Bonchev–Trinajstić information content (AvgIpc) is 2.80. The summed E-state index contributed by atoms with van der Waals surface area (Å²) in [6.45, 7) is 0. The van der Waals surface area contributed by atoms with Gasteiger partial charge in [0.2, 0.25) is 0 Å². The molecule has 0 spiro atoms. The van der Waals surface area contributed by atoms with Crippen LogP contribution in [-0.4, -0.2) is 31.1 Å². The van der Waals surface area contributed by atoms with E-state index in [0.717, 1.165) is 3.57 Å². The first-order chi connectivity index (χ1) is 15.5. The number of ether oxygens (including phenoxy) is 2. The van der Waals surface area contributed by atoms with Gasteiger partial charge in [0, 0.05) is 9.26 Å². The van der Waals surface area contributed by atoms with Crippen molar-refractivity contribution < 1.29 is 23.9 Å². The highest BCUT2D eigenvalue weighted by molar-refractivity contribution is 14.1. The predicted molar refractivity (Wildman–Crippen MR) is 128 cm³/mol. The number of hydrazone groups is 1. The van der Waals surface area contributed by atoms with Crippen LogP contribution in [0.1, 0.15) is 15.9 Å². The van der Waals surface area contributed by atoms with Crippen molar-refractivity contribution in [3.63, 3.8) is 0 Å². The summed E-state index contributed by atoms with van der Waals surface area (Å²) in [7, 11) is 1.53. The Bertz CT molecular complexity index is 1150. The number of carbonyl (C=O) groups is 3. The maximum atomic E-state index is 12.2. The van der Waals surface area contributed by atoms with Crippen molar-refractivity contribution in [2.24, 2.45) is 5.10 Å². The molecule has 0 aromatic heterocycles. The zero-order valence-electron chi connectivity index (χ0n) is 16.9. The van der Waals surface area contributed by atoms with Crippen LogP contribution >= 0.6 is 22.6 Å². The van der Waals surface area contributed by atoms with Crippen LogP contribution in [0.25, 0.3) is 0 Å². The maximum Gasteiger partial charge on any atom is 0.344 e. The van der Waals surface area contributed by atoms with Crippen LogP contribution < -0.4 is 20.2 Å². The SMILES string of the molecule is COc1ccc(NC(=O)C(=O)N/N=C\c2ccc(OC(=O)c3ccccc3I)cc2)cc1. The van der Waals surface area contributed by atoms with Gasteiger partial charge in [-0.05, 0) is 88.8 Å². The van der Waals surface area contributed by atoms with E-state index in [0.29, 0.717) is 28.3 Å². The van der Waals surface area contributed by atoms with Gasteiger partial charge in [0.1, 0.15) is 11.5 Å². The van der Waals surface area contributed by atoms with E-state index in [9.17, 15) is 14.4 Å². The maximum absolute atomic E-state index is 12.2. The summed E-state index contributed by atoms with van der Waals surface area (Å²) in [6.07, 6.45) is 1.37. The summed E-state index contributed by atoms with van der Waals surface area (Å²) >= 11 is 2.07. The number of nitrogens with one attached hydrogen (secondary N) is 2. The van der Waals surface area contributed by atoms with Crippen molar-refractivity contribution >= 4 is 52.3 Å². The zero-order valence-corrected chi connectivity index (χ0v) is 19.0. The topological polar surface area (TPSA) is 106 Å². The highest BCUT2D eigenvalue weighted by Crippen LogP contribution is 2.17. The molecule has 0 fully saturated rings. The van der Waals surface area contributed by atoms with Crippen LogP contribution in [0.15, 0.2) is 77.9 Å². The number of esters is 1. The lowest BCUT2D eigenvalue weighted by molar-refractivity contribution is -0.136. The minimum atomic E-state index is -0.917. The molecular weight excluding hydrogens is 525 g/mol. The number of benzene rings is 3. The Morgan fingerprint density at radius 3 is 2.19 bits per heavy atom. The highest BCUT2D eigenvalue weighted by atomic mass is 127. The van der Waals surface area contributed by atoms with Crippen LogP contribution in [0.3, 0.4) is 0 Å². The van der Waals surface area contributed by atoms with Crippen molar-refractivity contribution in [3.05, 3.63) is 87.5 Å². The van der Waals surface area contributed by atoms with Crippen LogP contribution in [0, 0.1) is 3.57 Å². The molecule has 2 amide bonds. The van der Waals surface area contributed by atoms with Gasteiger partial charge >= 0.3 is 17.8 Å². The summed E-state index contributed by atoms with van der Waals surface area (Å²) in [5.74, 6) is -1.22. The molecule has 3 aromatic carbocycles. The van der Waals surface area contributed by atoms with Crippen molar-refractivity contribution in [2.45, 2.75) is 0 Å². The Kier molecular flexibility index (Phi) is 7.92. The fourth-order valence-corrected chi connectivity index (χ4v) is 3.10. The van der Waals surface area contributed by atoms with Crippen molar-refractivity contribution in [1.29, 1.82) is 0 Å². The lowest BCUT2D eigenvalue weighted by Crippen LogP contribution is -2.32. The number of halogens is 1. The number of anilines is 1. The van der Waals surface area contributed by atoms with Gasteiger partial charge in [-0.25, -0.2) is 10.2 Å². The predicted octanol–water partition coefficient (Wildman–Crippen LogP) is 3.61. The van der Waals surface area contributed by atoms with Gasteiger partial charge in [0.15, 0.2) is 0 Å². The Hall–Kier alpha value is -3.73. The van der Waals surface area contributed by atoms with E-state index >= 15 is 0 Å². The molecule has 9 heteroatoms. The molecule has 0 heterocycles. The summed E-state index contributed by atoms with van der Waals surface area (Å²) < 4.78 is 11.2. The molecule has 0 saturated heterocycles. The number of hydrogen-bond donors (Lipinski definition) is 2. The molecule has 2 N–H and O–H groups in total. The molecule has 0 aliphatic carbocycles. The summed E-state index contributed by atoms with van der Waals surface area (Å²) in [5, 5.41) is 6.22. The molecule has 0 bridgehead atoms. The van der Waals surface area contributed by atoms with E-state index in [1.165, 1.54) is 13.3 Å². The Morgan fingerprint density at radius 2 is 1.53 bits per heavy atom. The van der Waals surface area contributed by atoms with Gasteiger partial charge < -0.3 is 14.8 Å². The number of nitrogens with zero attached hydrogens (tertiary/aromatic N) is 1. The summed E-state index contributed by atoms with van der Waals surface area (Å²) in [4.78, 5) is 36.0.